The van der Waals surface area contributed by atoms with Crippen LogP contribution in [0.2, 0.25) is 10.0 Å². The van der Waals surface area contributed by atoms with E-state index < -0.39 is 10.0 Å². The number of carbonyl (C=O) groups is 1. The van der Waals surface area contributed by atoms with Crippen molar-refractivity contribution in [2.45, 2.75) is 11.5 Å². The number of piperazine rings is 1. The molecule has 10 heteroatoms. The fourth-order valence-electron chi connectivity index (χ4n) is 3.40. The molecule has 0 unspecified atom stereocenters. The standard InChI is InChI=1S/C22H20Cl2N2O5S/c23-17-6-7-19(24)20(14-17)32(28,29)26-11-9-25(10-12-26)22(27)21-16(8-13-30-21)15-31-18-4-2-1-3-5-18/h1-8,13-14H,9-12,15H2. The number of ether oxygens (including phenoxy) is 1. The predicted molar refractivity (Wildman–Crippen MR) is 121 cm³/mol. The molecule has 1 fully saturated rings. The molecule has 32 heavy (non-hydrogen) atoms. The summed E-state index contributed by atoms with van der Waals surface area (Å²) < 4.78 is 38.4. The predicted octanol–water partition coefficient (Wildman–Crippen LogP) is 4.31. The molecule has 3 aromatic rings. The molecular formula is C22H20Cl2N2O5S. The molecule has 0 atom stereocenters. The summed E-state index contributed by atoms with van der Waals surface area (Å²) in [5.74, 6) is 0.570. The maximum Gasteiger partial charge on any atom is 0.290 e. The molecule has 0 aliphatic carbocycles. The number of para-hydroxylation sites is 1. The molecule has 1 aliphatic rings. The average Bonchev–Trinajstić information content (AvgIpc) is 3.28. The summed E-state index contributed by atoms with van der Waals surface area (Å²) in [5.41, 5.74) is 0.625. The Morgan fingerprint density at radius 3 is 2.44 bits per heavy atom. The molecule has 2 heterocycles. The summed E-state index contributed by atoms with van der Waals surface area (Å²) in [4.78, 5) is 14.5. The molecule has 1 aromatic heterocycles. The van der Waals surface area contributed by atoms with E-state index >= 15 is 0 Å². The van der Waals surface area contributed by atoms with Crippen molar-refractivity contribution in [2.75, 3.05) is 26.2 Å². The number of rotatable bonds is 6. The maximum absolute atomic E-state index is 13.0. The zero-order valence-electron chi connectivity index (χ0n) is 16.9. The van der Waals surface area contributed by atoms with Gasteiger partial charge >= 0.3 is 0 Å². The summed E-state index contributed by atoms with van der Waals surface area (Å²) in [5, 5.41) is 0.386. The molecule has 0 N–H and O–H groups in total. The van der Waals surface area contributed by atoms with Gasteiger partial charge in [0.2, 0.25) is 10.0 Å². The van der Waals surface area contributed by atoms with Crippen LogP contribution in [0.15, 0.2) is 70.2 Å². The van der Waals surface area contributed by atoms with Crippen molar-refractivity contribution in [3.05, 3.63) is 82.2 Å². The van der Waals surface area contributed by atoms with Gasteiger partial charge in [-0.2, -0.15) is 4.31 Å². The Bertz CT molecular complexity index is 1210. The molecular weight excluding hydrogens is 475 g/mol. The van der Waals surface area contributed by atoms with Gasteiger partial charge in [-0.25, -0.2) is 8.42 Å². The first-order valence-corrected chi connectivity index (χ1v) is 12.0. The van der Waals surface area contributed by atoms with Crippen LogP contribution in [0.3, 0.4) is 0 Å². The Morgan fingerprint density at radius 2 is 1.72 bits per heavy atom. The second-order valence-corrected chi connectivity index (χ2v) is 9.90. The first-order valence-electron chi connectivity index (χ1n) is 9.85. The van der Waals surface area contributed by atoms with Crippen molar-refractivity contribution in [1.82, 2.24) is 9.21 Å². The van der Waals surface area contributed by atoms with Crippen LogP contribution in [0.1, 0.15) is 16.1 Å². The SMILES string of the molecule is O=C(c1occc1COc1ccccc1)N1CCN(S(=O)(=O)c2cc(Cl)ccc2Cl)CC1. The van der Waals surface area contributed by atoms with E-state index in [0.717, 1.165) is 0 Å². The van der Waals surface area contributed by atoms with Crippen LogP contribution in [0.5, 0.6) is 5.75 Å². The molecule has 0 saturated carbocycles. The van der Waals surface area contributed by atoms with Crippen molar-refractivity contribution in [2.24, 2.45) is 0 Å². The summed E-state index contributed by atoms with van der Waals surface area (Å²) in [7, 11) is -3.83. The number of nitrogens with zero attached hydrogens (tertiary/aromatic N) is 2. The van der Waals surface area contributed by atoms with Crippen LogP contribution in [-0.4, -0.2) is 49.7 Å². The first kappa shape index (κ1) is 22.7. The van der Waals surface area contributed by atoms with Crippen LogP contribution in [0.4, 0.5) is 0 Å². The third-order valence-corrected chi connectivity index (χ3v) is 7.73. The molecule has 1 aliphatic heterocycles. The van der Waals surface area contributed by atoms with E-state index in [1.807, 2.05) is 30.3 Å². The minimum absolute atomic E-state index is 0.0437. The van der Waals surface area contributed by atoms with Crippen LogP contribution in [-0.2, 0) is 16.6 Å². The fourth-order valence-corrected chi connectivity index (χ4v) is 5.56. The van der Waals surface area contributed by atoms with Gasteiger partial charge in [-0.1, -0.05) is 41.4 Å². The highest BCUT2D eigenvalue weighted by Crippen LogP contribution is 2.28. The Morgan fingerprint density at radius 1 is 1.00 bits per heavy atom. The Labute approximate surface area is 196 Å². The zero-order valence-corrected chi connectivity index (χ0v) is 19.2. The van der Waals surface area contributed by atoms with Crippen molar-refractivity contribution in [3.8, 4) is 5.75 Å². The van der Waals surface area contributed by atoms with Gasteiger partial charge in [-0.05, 0) is 36.4 Å². The fraction of sp³-hybridized carbons (Fsp3) is 0.227. The normalized spacial score (nSPS) is 15.0. The summed E-state index contributed by atoms with van der Waals surface area (Å²) in [6.45, 7) is 0.885. The number of furan rings is 1. The van der Waals surface area contributed by atoms with Crippen molar-refractivity contribution < 1.29 is 22.4 Å². The van der Waals surface area contributed by atoms with Gasteiger partial charge in [0.05, 0.1) is 11.3 Å². The molecule has 0 spiro atoms. The van der Waals surface area contributed by atoms with Gasteiger partial charge in [0.15, 0.2) is 5.76 Å². The quantitative estimate of drug-likeness (QED) is 0.509. The number of halogens is 2. The first-order chi connectivity index (χ1) is 15.4. The molecule has 1 saturated heterocycles. The van der Waals surface area contributed by atoms with Crippen LogP contribution < -0.4 is 4.74 Å². The molecule has 7 nitrogen and oxygen atoms in total. The van der Waals surface area contributed by atoms with Crippen LogP contribution >= 0.6 is 23.2 Å². The number of sulfonamides is 1. The minimum Gasteiger partial charge on any atom is -0.489 e. The number of hydrogen-bond donors (Lipinski definition) is 0. The van der Waals surface area contributed by atoms with Gasteiger partial charge in [0.25, 0.3) is 5.91 Å². The van der Waals surface area contributed by atoms with E-state index in [0.29, 0.717) is 11.3 Å². The lowest BCUT2D eigenvalue weighted by Gasteiger charge is -2.33. The summed E-state index contributed by atoms with van der Waals surface area (Å²) >= 11 is 12.0. The van der Waals surface area contributed by atoms with Crippen molar-refractivity contribution in [3.63, 3.8) is 0 Å². The molecule has 4 rings (SSSR count). The van der Waals surface area contributed by atoms with Gasteiger partial charge in [-0.15, -0.1) is 0 Å². The zero-order chi connectivity index (χ0) is 22.7. The lowest BCUT2D eigenvalue weighted by molar-refractivity contribution is 0.0662. The number of amides is 1. The topological polar surface area (TPSA) is 80.1 Å². The van der Waals surface area contributed by atoms with E-state index in [2.05, 4.69) is 0 Å². The van der Waals surface area contributed by atoms with Crippen LogP contribution in [0, 0.1) is 0 Å². The van der Waals surface area contributed by atoms with Gasteiger partial charge in [0, 0.05) is 36.8 Å². The molecule has 1 amide bonds. The highest BCUT2D eigenvalue weighted by molar-refractivity contribution is 7.89. The third kappa shape index (κ3) is 4.78. The monoisotopic (exact) mass is 494 g/mol. The van der Waals surface area contributed by atoms with E-state index in [1.54, 1.807) is 11.0 Å². The molecule has 168 valence electrons. The largest absolute Gasteiger partial charge is 0.489 e. The number of benzene rings is 2. The van der Waals surface area contributed by atoms with Gasteiger partial charge in [0.1, 0.15) is 17.3 Å². The highest BCUT2D eigenvalue weighted by Gasteiger charge is 2.33. The Kier molecular flexibility index (Phi) is 6.76. The van der Waals surface area contributed by atoms with Gasteiger partial charge in [-0.3, -0.25) is 4.79 Å². The van der Waals surface area contributed by atoms with E-state index in [-0.39, 0.29) is 59.4 Å². The average molecular weight is 495 g/mol. The van der Waals surface area contributed by atoms with Crippen molar-refractivity contribution >= 4 is 39.1 Å². The maximum atomic E-state index is 13.0. The minimum atomic E-state index is -3.83. The Balaban J connectivity index is 1.41. The number of hydrogen-bond acceptors (Lipinski definition) is 5. The lowest BCUT2D eigenvalue weighted by atomic mass is 10.2. The van der Waals surface area contributed by atoms with Gasteiger partial charge < -0.3 is 14.1 Å². The summed E-state index contributed by atoms with van der Waals surface area (Å²) in [6.07, 6.45) is 1.44. The second kappa shape index (κ2) is 9.54. The second-order valence-electron chi connectivity index (χ2n) is 7.15. The molecule has 0 bridgehead atoms. The molecule has 2 aromatic carbocycles. The molecule has 0 radical (unpaired) electrons. The van der Waals surface area contributed by atoms with E-state index in [9.17, 15) is 13.2 Å². The van der Waals surface area contributed by atoms with Crippen LogP contribution in [0.25, 0.3) is 0 Å². The lowest BCUT2D eigenvalue weighted by Crippen LogP contribution is -2.50. The van der Waals surface area contributed by atoms with Crippen molar-refractivity contribution in [1.29, 1.82) is 0 Å². The van der Waals surface area contributed by atoms with E-state index in [1.165, 1.54) is 28.8 Å². The summed E-state index contributed by atoms with van der Waals surface area (Å²) in [6, 6.07) is 15.3. The van der Waals surface area contributed by atoms with E-state index in [4.69, 9.17) is 32.4 Å². The smallest absolute Gasteiger partial charge is 0.290 e. The number of carbonyl (C=O) groups excluding carboxylic acids is 1. The Hall–Kier alpha value is -2.52. The highest BCUT2D eigenvalue weighted by atomic mass is 35.5. The third-order valence-electron chi connectivity index (χ3n) is 5.12.